The van der Waals surface area contributed by atoms with Crippen LogP contribution in [0.15, 0.2) is 28.9 Å². The van der Waals surface area contributed by atoms with Crippen molar-refractivity contribution < 1.29 is 25.8 Å². The molecule has 1 aromatic carbocycles. The minimum absolute atomic E-state index is 0.174. The monoisotopic (exact) mass is 440 g/mol. The van der Waals surface area contributed by atoms with Crippen LogP contribution < -0.4 is 0 Å². The topological polar surface area (TPSA) is 61.2 Å². The third-order valence-corrected chi connectivity index (χ3v) is 4.60. The lowest BCUT2D eigenvalue weighted by Gasteiger charge is -2.12. The number of hydrogen-bond acceptors (Lipinski definition) is 4. The van der Waals surface area contributed by atoms with E-state index in [9.17, 15) is 21.6 Å². The van der Waals surface area contributed by atoms with Crippen LogP contribution in [0.25, 0.3) is 11.4 Å². The predicted molar refractivity (Wildman–Crippen MR) is 90.4 cm³/mol. The first-order valence-corrected chi connectivity index (χ1v) is 9.78. The lowest BCUT2D eigenvalue weighted by molar-refractivity contribution is -0.140. The highest BCUT2D eigenvalue weighted by atomic mass is 79.9. The van der Waals surface area contributed by atoms with Gasteiger partial charge in [-0.05, 0) is 25.5 Å². The Kier molecular flexibility index (Phi) is 5.65. The summed E-state index contributed by atoms with van der Waals surface area (Å²) in [6, 6.07) is 4.53. The van der Waals surface area contributed by atoms with Gasteiger partial charge in [0.05, 0.1) is 12.9 Å². The van der Waals surface area contributed by atoms with E-state index in [2.05, 4.69) is 20.9 Å². The highest BCUT2D eigenvalue weighted by Gasteiger charge is 2.35. The number of aromatic nitrogens is 2. The SMILES string of the molecule is CC(C)n1cc(C(F)(F)F)nc1-c1ccc(COS(C)(=O)=O)c(Br)c1. The summed E-state index contributed by atoms with van der Waals surface area (Å²) in [5.41, 5.74) is 0.0591. The minimum atomic E-state index is -4.53. The Morgan fingerprint density at radius 2 is 1.96 bits per heavy atom. The van der Waals surface area contributed by atoms with Crippen molar-refractivity contribution in [3.05, 3.63) is 40.1 Å². The number of benzene rings is 1. The van der Waals surface area contributed by atoms with E-state index in [-0.39, 0.29) is 18.5 Å². The number of nitrogens with zero attached hydrogens (tertiary/aromatic N) is 2. The van der Waals surface area contributed by atoms with E-state index >= 15 is 0 Å². The van der Waals surface area contributed by atoms with E-state index in [1.807, 2.05) is 0 Å². The zero-order chi connectivity index (χ0) is 19.0. The standard InChI is InChI=1S/C15H16BrF3N2O3S/c1-9(2)21-7-13(15(17,18)19)20-14(21)10-4-5-11(12(16)6-10)8-24-25(3,22)23/h4-7,9H,8H2,1-3H3. The van der Waals surface area contributed by atoms with Crippen LogP contribution in [0, 0.1) is 0 Å². The van der Waals surface area contributed by atoms with Crippen molar-refractivity contribution in [3.8, 4) is 11.4 Å². The molecule has 1 heterocycles. The van der Waals surface area contributed by atoms with Gasteiger partial charge in [0.15, 0.2) is 5.69 Å². The third kappa shape index (κ3) is 5.05. The zero-order valence-corrected chi connectivity index (χ0v) is 16.0. The maximum atomic E-state index is 13.0. The van der Waals surface area contributed by atoms with Gasteiger partial charge in [0.25, 0.3) is 10.1 Å². The molecule has 10 heteroatoms. The number of alkyl halides is 3. The molecule has 0 spiro atoms. The molecule has 25 heavy (non-hydrogen) atoms. The Balaban J connectivity index is 2.42. The van der Waals surface area contributed by atoms with Crippen LogP contribution in [0.1, 0.15) is 31.1 Å². The van der Waals surface area contributed by atoms with Gasteiger partial charge in [-0.2, -0.15) is 21.6 Å². The smallest absolute Gasteiger partial charge is 0.328 e. The number of hydrogen-bond donors (Lipinski definition) is 0. The Morgan fingerprint density at radius 3 is 2.44 bits per heavy atom. The van der Waals surface area contributed by atoms with E-state index < -0.39 is 22.0 Å². The molecule has 0 fully saturated rings. The van der Waals surface area contributed by atoms with E-state index in [1.165, 1.54) is 4.57 Å². The van der Waals surface area contributed by atoms with Crippen LogP contribution in [-0.4, -0.2) is 24.2 Å². The summed E-state index contributed by atoms with van der Waals surface area (Å²) in [4.78, 5) is 3.72. The van der Waals surface area contributed by atoms with Crippen LogP contribution in [0.2, 0.25) is 0 Å². The van der Waals surface area contributed by atoms with Crippen molar-refractivity contribution in [2.24, 2.45) is 0 Å². The quantitative estimate of drug-likeness (QED) is 0.646. The molecule has 0 bridgehead atoms. The van der Waals surface area contributed by atoms with Gasteiger partial charge >= 0.3 is 6.18 Å². The maximum absolute atomic E-state index is 13.0. The average Bonchev–Trinajstić information content (AvgIpc) is 2.90. The van der Waals surface area contributed by atoms with Gasteiger partial charge < -0.3 is 4.57 Å². The Labute approximate surface area is 152 Å². The molecular weight excluding hydrogens is 425 g/mol. The molecule has 0 aliphatic carbocycles. The van der Waals surface area contributed by atoms with Crippen LogP contribution >= 0.6 is 15.9 Å². The molecule has 0 aliphatic rings. The Hall–Kier alpha value is -1.39. The molecule has 138 valence electrons. The fourth-order valence-electron chi connectivity index (χ4n) is 2.11. The normalized spacial score (nSPS) is 12.8. The second-order valence-corrected chi connectivity index (χ2v) is 8.22. The first kappa shape index (κ1) is 19.9. The summed E-state index contributed by atoms with van der Waals surface area (Å²) in [6.07, 6.45) is -2.61. The summed E-state index contributed by atoms with van der Waals surface area (Å²) in [7, 11) is -3.59. The second kappa shape index (κ2) is 7.08. The molecule has 0 amide bonds. The van der Waals surface area contributed by atoms with Crippen molar-refractivity contribution in [2.75, 3.05) is 6.26 Å². The average molecular weight is 441 g/mol. The zero-order valence-electron chi connectivity index (χ0n) is 13.6. The van der Waals surface area contributed by atoms with E-state index in [4.69, 9.17) is 4.18 Å². The largest absolute Gasteiger partial charge is 0.434 e. The van der Waals surface area contributed by atoms with Gasteiger partial charge in [-0.15, -0.1) is 0 Å². The number of rotatable bonds is 5. The summed E-state index contributed by atoms with van der Waals surface area (Å²) in [5, 5.41) is 0. The first-order chi connectivity index (χ1) is 11.4. The molecule has 1 aromatic heterocycles. The van der Waals surface area contributed by atoms with Crippen LogP contribution in [0.3, 0.4) is 0 Å². The van der Waals surface area contributed by atoms with Crippen LogP contribution in [-0.2, 0) is 27.1 Å². The minimum Gasteiger partial charge on any atom is -0.328 e. The van der Waals surface area contributed by atoms with Gasteiger partial charge in [0, 0.05) is 22.3 Å². The molecule has 0 saturated heterocycles. The first-order valence-electron chi connectivity index (χ1n) is 7.18. The van der Waals surface area contributed by atoms with Gasteiger partial charge in [-0.25, -0.2) is 4.98 Å². The summed E-state index contributed by atoms with van der Waals surface area (Å²) >= 11 is 3.29. The van der Waals surface area contributed by atoms with Crippen molar-refractivity contribution >= 4 is 26.0 Å². The fourth-order valence-corrected chi connectivity index (χ4v) is 2.95. The van der Waals surface area contributed by atoms with Crippen molar-refractivity contribution in [3.63, 3.8) is 0 Å². The van der Waals surface area contributed by atoms with Gasteiger partial charge in [-0.1, -0.05) is 28.1 Å². The molecule has 0 saturated carbocycles. The van der Waals surface area contributed by atoms with Crippen molar-refractivity contribution in [1.82, 2.24) is 9.55 Å². The molecular formula is C15H16BrF3N2O3S. The lowest BCUT2D eigenvalue weighted by atomic mass is 10.1. The van der Waals surface area contributed by atoms with Gasteiger partial charge in [0.1, 0.15) is 5.82 Å². The summed E-state index contributed by atoms with van der Waals surface area (Å²) in [5.74, 6) is 0.179. The van der Waals surface area contributed by atoms with Crippen molar-refractivity contribution in [2.45, 2.75) is 32.7 Å². The Bertz CT molecular complexity index is 877. The highest BCUT2D eigenvalue weighted by Crippen LogP contribution is 2.33. The molecule has 0 radical (unpaired) electrons. The molecule has 0 atom stereocenters. The predicted octanol–water partition coefficient (Wildman–Crippen LogP) is 4.39. The van der Waals surface area contributed by atoms with E-state index in [1.54, 1.807) is 32.0 Å². The fraction of sp³-hybridized carbons (Fsp3) is 0.400. The van der Waals surface area contributed by atoms with Gasteiger partial charge in [0.2, 0.25) is 0 Å². The van der Waals surface area contributed by atoms with Crippen LogP contribution in [0.4, 0.5) is 13.2 Å². The van der Waals surface area contributed by atoms with Crippen LogP contribution in [0.5, 0.6) is 0 Å². The second-order valence-electron chi connectivity index (χ2n) is 5.72. The van der Waals surface area contributed by atoms with E-state index in [0.717, 1.165) is 12.5 Å². The maximum Gasteiger partial charge on any atom is 0.434 e. The molecule has 0 unspecified atom stereocenters. The summed E-state index contributed by atoms with van der Waals surface area (Å²) < 4.78 is 67.7. The van der Waals surface area contributed by atoms with Crippen molar-refractivity contribution in [1.29, 1.82) is 0 Å². The molecule has 0 aliphatic heterocycles. The van der Waals surface area contributed by atoms with Gasteiger partial charge in [-0.3, -0.25) is 4.18 Å². The number of halogens is 4. The Morgan fingerprint density at radius 1 is 1.32 bits per heavy atom. The third-order valence-electron chi connectivity index (χ3n) is 3.32. The summed E-state index contributed by atoms with van der Waals surface area (Å²) in [6.45, 7) is 3.34. The lowest BCUT2D eigenvalue weighted by Crippen LogP contribution is -2.05. The molecule has 2 aromatic rings. The van der Waals surface area contributed by atoms with E-state index in [0.29, 0.717) is 15.6 Å². The molecule has 5 nitrogen and oxygen atoms in total. The molecule has 2 rings (SSSR count). The number of imidazole rings is 1. The molecule has 0 N–H and O–H groups in total. The highest BCUT2D eigenvalue weighted by molar-refractivity contribution is 9.10.